The summed E-state index contributed by atoms with van der Waals surface area (Å²) in [6.07, 6.45) is 2.48. The zero-order valence-electron chi connectivity index (χ0n) is 22.4. The number of amides is 1. The van der Waals surface area contributed by atoms with E-state index >= 15 is 0 Å². The van der Waals surface area contributed by atoms with E-state index in [9.17, 15) is 9.90 Å². The molecule has 2 atom stereocenters. The smallest absolute Gasteiger partial charge is 0.410 e. The number of aliphatic hydroxyl groups is 1. The molecule has 202 valence electrons. The minimum atomic E-state index is -1.00. The SMILES string of the molecule is O=C(OCC1c2ccccc2-c2ccccc21)N1C2CCC1CC(O)(c1cccc(OCc3ccccc3)c1)C2. The Bertz CT molecular complexity index is 1470. The number of ether oxygens (including phenoxy) is 2. The molecule has 2 saturated heterocycles. The molecule has 5 heteroatoms. The molecule has 7 rings (SSSR count). The molecule has 2 unspecified atom stereocenters. The Morgan fingerprint density at radius 1 is 0.800 bits per heavy atom. The van der Waals surface area contributed by atoms with E-state index in [1.807, 2.05) is 71.6 Å². The lowest BCUT2D eigenvalue weighted by molar-refractivity contribution is -0.0532. The molecular formula is C35H33NO4. The Kier molecular flexibility index (Phi) is 6.32. The van der Waals surface area contributed by atoms with E-state index in [-0.39, 0.29) is 24.1 Å². The minimum Gasteiger partial charge on any atom is -0.489 e. The first kappa shape index (κ1) is 24.9. The molecule has 2 fully saturated rings. The molecule has 2 heterocycles. The Hall–Kier alpha value is -4.09. The molecule has 4 aromatic carbocycles. The number of piperidine rings is 1. The van der Waals surface area contributed by atoms with Gasteiger partial charge in [0.15, 0.2) is 0 Å². The monoisotopic (exact) mass is 531 g/mol. The number of fused-ring (bicyclic) bond motifs is 5. The first-order chi connectivity index (χ1) is 19.6. The van der Waals surface area contributed by atoms with E-state index in [1.165, 1.54) is 22.3 Å². The largest absolute Gasteiger partial charge is 0.489 e. The maximum atomic E-state index is 13.5. The topological polar surface area (TPSA) is 59.0 Å². The van der Waals surface area contributed by atoms with Crippen LogP contribution in [0.15, 0.2) is 103 Å². The lowest BCUT2D eigenvalue weighted by Crippen LogP contribution is -2.52. The standard InChI is InChI=1S/C35H33NO4/c37-34(40-23-33-31-15-6-4-13-29(31)30-14-5-7-16-32(30)33)36-26-17-18-27(36)21-35(38,20-26)25-11-8-12-28(19-25)39-22-24-9-2-1-3-10-24/h1-16,19,26-27,33,38H,17-18,20-23H2. The molecule has 40 heavy (non-hydrogen) atoms. The number of hydrogen-bond donors (Lipinski definition) is 1. The predicted molar refractivity (Wildman–Crippen MR) is 154 cm³/mol. The van der Waals surface area contributed by atoms with Gasteiger partial charge in [-0.1, -0.05) is 91.0 Å². The number of hydrogen-bond acceptors (Lipinski definition) is 4. The van der Waals surface area contributed by atoms with Crippen molar-refractivity contribution in [3.8, 4) is 16.9 Å². The van der Waals surface area contributed by atoms with Crippen LogP contribution in [0.3, 0.4) is 0 Å². The van der Waals surface area contributed by atoms with E-state index in [2.05, 4.69) is 36.4 Å². The second-order valence-electron chi connectivity index (χ2n) is 11.3. The van der Waals surface area contributed by atoms with Crippen molar-refractivity contribution in [2.45, 2.75) is 55.9 Å². The van der Waals surface area contributed by atoms with Crippen molar-refractivity contribution in [2.24, 2.45) is 0 Å². The van der Waals surface area contributed by atoms with Crippen molar-refractivity contribution in [3.05, 3.63) is 125 Å². The highest BCUT2D eigenvalue weighted by atomic mass is 16.6. The van der Waals surface area contributed by atoms with E-state index in [1.54, 1.807) is 0 Å². The van der Waals surface area contributed by atoms with Crippen LogP contribution < -0.4 is 4.74 Å². The van der Waals surface area contributed by atoms with Crippen LogP contribution in [0.4, 0.5) is 4.79 Å². The summed E-state index contributed by atoms with van der Waals surface area (Å²) < 4.78 is 12.0. The summed E-state index contributed by atoms with van der Waals surface area (Å²) in [7, 11) is 0. The molecule has 4 aromatic rings. The van der Waals surface area contributed by atoms with E-state index < -0.39 is 5.60 Å². The molecule has 3 aliphatic rings. The highest BCUT2D eigenvalue weighted by Crippen LogP contribution is 2.47. The first-order valence-corrected chi connectivity index (χ1v) is 14.2. The van der Waals surface area contributed by atoms with Gasteiger partial charge >= 0.3 is 6.09 Å². The molecule has 0 aromatic heterocycles. The molecule has 0 saturated carbocycles. The number of benzene rings is 4. The summed E-state index contributed by atoms with van der Waals surface area (Å²) in [5.74, 6) is 0.774. The van der Waals surface area contributed by atoms with E-state index in [0.29, 0.717) is 26.1 Å². The van der Waals surface area contributed by atoms with Crippen LogP contribution in [0.25, 0.3) is 11.1 Å². The summed E-state index contributed by atoms with van der Waals surface area (Å²) >= 11 is 0. The molecule has 5 nitrogen and oxygen atoms in total. The minimum absolute atomic E-state index is 0.0364. The lowest BCUT2D eigenvalue weighted by Gasteiger charge is -2.43. The summed E-state index contributed by atoms with van der Waals surface area (Å²) in [5, 5.41) is 11.8. The van der Waals surface area contributed by atoms with Gasteiger partial charge in [0.1, 0.15) is 19.0 Å². The van der Waals surface area contributed by atoms with Gasteiger partial charge in [0.25, 0.3) is 0 Å². The average Bonchev–Trinajstić information content (AvgIpc) is 3.47. The van der Waals surface area contributed by atoms with Gasteiger partial charge in [-0.3, -0.25) is 0 Å². The van der Waals surface area contributed by atoms with Gasteiger partial charge in [0, 0.05) is 30.8 Å². The maximum absolute atomic E-state index is 13.5. The van der Waals surface area contributed by atoms with Crippen LogP contribution in [0, 0.1) is 0 Å². The number of nitrogens with zero attached hydrogens (tertiary/aromatic N) is 1. The van der Waals surface area contributed by atoms with Crippen LogP contribution in [-0.2, 0) is 16.9 Å². The van der Waals surface area contributed by atoms with Crippen molar-refractivity contribution in [3.63, 3.8) is 0 Å². The van der Waals surface area contributed by atoms with Crippen molar-refractivity contribution >= 4 is 6.09 Å². The molecule has 1 amide bonds. The summed E-state index contributed by atoms with van der Waals surface area (Å²) in [4.78, 5) is 15.4. The Balaban J connectivity index is 1.03. The summed E-state index contributed by atoms with van der Waals surface area (Å²) in [5.41, 5.74) is 5.80. The van der Waals surface area contributed by atoms with Crippen LogP contribution in [0.2, 0.25) is 0 Å². The zero-order valence-corrected chi connectivity index (χ0v) is 22.4. The Morgan fingerprint density at radius 3 is 2.10 bits per heavy atom. The van der Waals surface area contributed by atoms with Crippen LogP contribution in [-0.4, -0.2) is 34.8 Å². The van der Waals surface area contributed by atoms with Crippen LogP contribution in [0.1, 0.15) is 53.9 Å². The Morgan fingerprint density at radius 2 is 1.43 bits per heavy atom. The zero-order chi connectivity index (χ0) is 27.1. The van der Waals surface area contributed by atoms with Crippen LogP contribution in [0.5, 0.6) is 5.75 Å². The molecule has 2 aliphatic heterocycles. The van der Waals surface area contributed by atoms with Crippen molar-refractivity contribution in [2.75, 3.05) is 6.61 Å². The van der Waals surface area contributed by atoms with E-state index in [4.69, 9.17) is 9.47 Å². The number of carbonyl (C=O) groups is 1. The Labute approximate surface area is 235 Å². The average molecular weight is 532 g/mol. The third kappa shape index (κ3) is 4.44. The first-order valence-electron chi connectivity index (χ1n) is 14.2. The van der Waals surface area contributed by atoms with Crippen molar-refractivity contribution in [1.82, 2.24) is 4.90 Å². The maximum Gasteiger partial charge on any atom is 0.410 e. The fraction of sp³-hybridized carbons (Fsp3) is 0.286. The van der Waals surface area contributed by atoms with Crippen molar-refractivity contribution < 1.29 is 19.4 Å². The second-order valence-corrected chi connectivity index (χ2v) is 11.3. The van der Waals surface area contributed by atoms with Gasteiger partial charge in [-0.15, -0.1) is 0 Å². The third-order valence-corrected chi connectivity index (χ3v) is 8.93. The summed E-state index contributed by atoms with van der Waals surface area (Å²) in [6.45, 7) is 0.789. The van der Waals surface area contributed by atoms with Crippen LogP contribution >= 0.6 is 0 Å². The van der Waals surface area contributed by atoms with Gasteiger partial charge < -0.3 is 19.5 Å². The van der Waals surface area contributed by atoms with Gasteiger partial charge in [0.05, 0.1) is 5.60 Å². The number of carbonyl (C=O) groups excluding carboxylic acids is 1. The lowest BCUT2D eigenvalue weighted by atomic mass is 9.80. The summed E-state index contributed by atoms with van der Waals surface area (Å²) in [6, 6.07) is 34.5. The molecule has 2 bridgehead atoms. The van der Waals surface area contributed by atoms with Gasteiger partial charge in [0.2, 0.25) is 0 Å². The number of rotatable bonds is 6. The van der Waals surface area contributed by atoms with Gasteiger partial charge in [-0.2, -0.15) is 0 Å². The fourth-order valence-electron chi connectivity index (χ4n) is 7.04. The normalized spacial score (nSPS) is 23.0. The second kappa shape index (κ2) is 10.1. The molecular weight excluding hydrogens is 498 g/mol. The fourth-order valence-corrected chi connectivity index (χ4v) is 7.04. The highest BCUT2D eigenvalue weighted by molar-refractivity contribution is 5.79. The molecule has 1 N–H and O–H groups in total. The van der Waals surface area contributed by atoms with Gasteiger partial charge in [-0.05, 0) is 58.4 Å². The molecule has 0 spiro atoms. The quantitative estimate of drug-likeness (QED) is 0.290. The van der Waals surface area contributed by atoms with Crippen molar-refractivity contribution in [1.29, 1.82) is 0 Å². The van der Waals surface area contributed by atoms with Gasteiger partial charge in [-0.25, -0.2) is 4.79 Å². The molecule has 0 radical (unpaired) electrons. The molecule has 1 aliphatic carbocycles. The highest BCUT2D eigenvalue weighted by Gasteiger charge is 2.51. The third-order valence-electron chi connectivity index (χ3n) is 8.93. The predicted octanol–water partition coefficient (Wildman–Crippen LogP) is 7.03. The van der Waals surface area contributed by atoms with E-state index in [0.717, 1.165) is 29.7 Å².